The van der Waals surface area contributed by atoms with Gasteiger partial charge in [0, 0.05) is 11.1 Å². The first kappa shape index (κ1) is 26.0. The van der Waals surface area contributed by atoms with E-state index >= 15 is 0 Å². The largest absolute Gasteiger partial charge is 2.00 e. The average molecular weight is 557 g/mol. The molecule has 0 aliphatic rings. The minimum atomic E-state index is 0. The first-order valence-corrected chi connectivity index (χ1v) is 11.1. The molecule has 2 nitrogen and oxygen atoms in total. The molecule has 33 heavy (non-hydrogen) atoms. The second kappa shape index (κ2) is 9.55. The van der Waals surface area contributed by atoms with Gasteiger partial charge in [0.15, 0.2) is 0 Å². The van der Waals surface area contributed by atoms with E-state index in [4.69, 9.17) is 4.98 Å². The third kappa shape index (κ3) is 4.54. The predicted molar refractivity (Wildman–Crippen MR) is 138 cm³/mol. The van der Waals surface area contributed by atoms with E-state index in [1.54, 1.807) is 0 Å². The molecule has 0 bridgehead atoms. The molecule has 0 saturated heterocycles. The van der Waals surface area contributed by atoms with Crippen molar-refractivity contribution >= 4 is 50.4 Å². The molecule has 2 aromatic heterocycles. The number of rotatable bonds is 2. The van der Waals surface area contributed by atoms with Gasteiger partial charge >= 0.3 is 23.1 Å². The maximum atomic E-state index is 5.06. The molecule has 0 amide bonds. The predicted octanol–water partition coefficient (Wildman–Crippen LogP) is 4.24. The van der Waals surface area contributed by atoms with Gasteiger partial charge in [0.1, 0.15) is 0 Å². The molecular formula is C29H29IMgN2. The number of halogens is 1. The molecule has 2 heterocycles. The van der Waals surface area contributed by atoms with Crippen molar-refractivity contribution in [2.75, 3.05) is 0 Å². The van der Waals surface area contributed by atoms with Crippen molar-refractivity contribution in [3.05, 3.63) is 83.0 Å². The molecule has 0 spiro atoms. The van der Waals surface area contributed by atoms with Crippen LogP contribution in [-0.4, -0.2) is 32.4 Å². The number of aryl methyl sites for hydroxylation is 3. The van der Waals surface area contributed by atoms with Gasteiger partial charge in [0.05, 0.1) is 17.0 Å². The zero-order chi connectivity index (χ0) is 21.9. The van der Waals surface area contributed by atoms with Crippen molar-refractivity contribution in [2.24, 2.45) is 5.41 Å². The first-order chi connectivity index (χ1) is 14.7. The SMILES string of the molecule is Cc1cccc(C)c1-c1c(C)nc2c3[c-]cccc3c3cc(CC(C)(C)C)ccc3n12.[I-].[Mg+2]. The smallest absolute Gasteiger partial charge is 1.00 e. The molecule has 0 unspecified atom stereocenters. The van der Waals surface area contributed by atoms with E-state index in [0.717, 1.165) is 23.1 Å². The van der Waals surface area contributed by atoms with Crippen LogP contribution in [0.15, 0.2) is 54.6 Å². The standard InChI is InChI=1S/C29H29N2.HI.Mg/c1-18-10-9-11-19(2)26(18)27-20(3)30-28-23-13-8-7-12-22(23)24-16-21(17-29(4,5)6)14-15-25(24)31(27)28;;/h7-12,14-16H,17H2,1-6H3;1H;/q-1;;+2/p-1. The van der Waals surface area contributed by atoms with Gasteiger partial charge in [-0.25, -0.2) is 0 Å². The van der Waals surface area contributed by atoms with Crippen LogP contribution < -0.4 is 24.0 Å². The van der Waals surface area contributed by atoms with Crippen LogP contribution in [0.4, 0.5) is 0 Å². The molecule has 0 aliphatic heterocycles. The van der Waals surface area contributed by atoms with Crippen LogP contribution in [0, 0.1) is 32.3 Å². The van der Waals surface area contributed by atoms with Crippen LogP contribution in [0.3, 0.4) is 0 Å². The summed E-state index contributed by atoms with van der Waals surface area (Å²) >= 11 is 0. The van der Waals surface area contributed by atoms with Crippen LogP contribution in [-0.2, 0) is 6.42 Å². The number of nitrogens with zero attached hydrogens (tertiary/aromatic N) is 2. The third-order valence-corrected chi connectivity index (χ3v) is 6.18. The molecular weight excluding hydrogens is 528 g/mol. The molecule has 0 radical (unpaired) electrons. The molecule has 0 N–H and O–H groups in total. The Morgan fingerprint density at radius 2 is 1.61 bits per heavy atom. The van der Waals surface area contributed by atoms with Gasteiger partial charge in [-0.2, -0.15) is 0 Å². The van der Waals surface area contributed by atoms with Crippen molar-refractivity contribution in [2.45, 2.75) is 48.0 Å². The monoisotopic (exact) mass is 556 g/mol. The van der Waals surface area contributed by atoms with E-state index in [9.17, 15) is 0 Å². The van der Waals surface area contributed by atoms with Crippen LogP contribution >= 0.6 is 0 Å². The minimum Gasteiger partial charge on any atom is -1.00 e. The fourth-order valence-corrected chi connectivity index (χ4v) is 4.98. The summed E-state index contributed by atoms with van der Waals surface area (Å²) in [5.74, 6) is 0. The van der Waals surface area contributed by atoms with Crippen molar-refractivity contribution in [1.82, 2.24) is 9.38 Å². The fourth-order valence-electron chi connectivity index (χ4n) is 4.98. The van der Waals surface area contributed by atoms with Crippen LogP contribution in [0.25, 0.3) is 38.6 Å². The van der Waals surface area contributed by atoms with E-state index in [0.29, 0.717) is 0 Å². The van der Waals surface area contributed by atoms with Crippen molar-refractivity contribution in [3.8, 4) is 11.3 Å². The van der Waals surface area contributed by atoms with E-state index < -0.39 is 0 Å². The van der Waals surface area contributed by atoms with E-state index in [1.807, 2.05) is 6.07 Å². The van der Waals surface area contributed by atoms with E-state index in [2.05, 4.69) is 101 Å². The molecule has 0 saturated carbocycles. The van der Waals surface area contributed by atoms with Gasteiger partial charge < -0.3 is 28.4 Å². The van der Waals surface area contributed by atoms with Gasteiger partial charge in [-0.1, -0.05) is 56.5 Å². The molecule has 4 heteroatoms. The van der Waals surface area contributed by atoms with Crippen molar-refractivity contribution in [1.29, 1.82) is 0 Å². The summed E-state index contributed by atoms with van der Waals surface area (Å²) in [6.45, 7) is 13.4. The Morgan fingerprint density at radius 3 is 2.27 bits per heavy atom. The summed E-state index contributed by atoms with van der Waals surface area (Å²) in [7, 11) is 0. The van der Waals surface area contributed by atoms with Gasteiger partial charge in [-0.15, -0.1) is 29.7 Å². The Labute approximate surface area is 230 Å². The summed E-state index contributed by atoms with van der Waals surface area (Å²) < 4.78 is 2.36. The Bertz CT molecular complexity index is 1450. The zero-order valence-electron chi connectivity index (χ0n) is 20.4. The van der Waals surface area contributed by atoms with Crippen molar-refractivity contribution < 1.29 is 24.0 Å². The second-order valence-electron chi connectivity index (χ2n) is 10.0. The first-order valence-electron chi connectivity index (χ1n) is 11.1. The molecule has 5 aromatic rings. The molecule has 0 fully saturated rings. The third-order valence-electron chi connectivity index (χ3n) is 6.18. The molecule has 0 aliphatic carbocycles. The Kier molecular flexibility index (Phi) is 7.52. The molecule has 5 rings (SSSR count). The van der Waals surface area contributed by atoms with Crippen molar-refractivity contribution in [3.63, 3.8) is 0 Å². The summed E-state index contributed by atoms with van der Waals surface area (Å²) in [4.78, 5) is 5.06. The Balaban J connectivity index is 0.00000153. The summed E-state index contributed by atoms with van der Waals surface area (Å²) in [5, 5.41) is 3.58. The quantitative estimate of drug-likeness (QED) is 0.138. The number of pyridine rings is 1. The number of fused-ring (bicyclic) bond motifs is 6. The van der Waals surface area contributed by atoms with E-state index in [1.165, 1.54) is 44.2 Å². The Hall–Kier alpha value is -1.63. The fraction of sp³-hybridized carbons (Fsp3) is 0.276. The number of benzene rings is 3. The number of imidazole rings is 1. The van der Waals surface area contributed by atoms with Crippen LogP contribution in [0.2, 0.25) is 0 Å². The maximum Gasteiger partial charge on any atom is 2.00 e. The number of aromatic nitrogens is 2. The minimum absolute atomic E-state index is 0. The zero-order valence-corrected chi connectivity index (χ0v) is 24.0. The average Bonchev–Trinajstić information content (AvgIpc) is 3.04. The van der Waals surface area contributed by atoms with Gasteiger partial charge in [0.25, 0.3) is 0 Å². The number of hydrogen-bond donors (Lipinski definition) is 0. The molecule has 3 aromatic carbocycles. The second-order valence-corrected chi connectivity index (χ2v) is 10.0. The van der Waals surface area contributed by atoms with Gasteiger partial charge in [-0.3, -0.25) is 4.98 Å². The van der Waals surface area contributed by atoms with Crippen LogP contribution in [0.1, 0.15) is 43.2 Å². The molecule has 164 valence electrons. The molecule has 0 atom stereocenters. The van der Waals surface area contributed by atoms with Gasteiger partial charge in [-0.05, 0) is 60.7 Å². The van der Waals surface area contributed by atoms with Gasteiger partial charge in [0.2, 0.25) is 0 Å². The topological polar surface area (TPSA) is 17.3 Å². The Morgan fingerprint density at radius 1 is 0.909 bits per heavy atom. The summed E-state index contributed by atoms with van der Waals surface area (Å²) in [6, 6.07) is 23.2. The summed E-state index contributed by atoms with van der Waals surface area (Å²) in [5.41, 5.74) is 9.90. The normalized spacial score (nSPS) is 11.6. The van der Waals surface area contributed by atoms with Crippen LogP contribution in [0.5, 0.6) is 0 Å². The summed E-state index contributed by atoms with van der Waals surface area (Å²) in [6.07, 6.45) is 1.05. The maximum absolute atomic E-state index is 5.06. The number of hydrogen-bond acceptors (Lipinski definition) is 1. The van der Waals surface area contributed by atoms with E-state index in [-0.39, 0.29) is 52.4 Å².